The van der Waals surface area contributed by atoms with Crippen LogP contribution in [-0.2, 0) is 9.09 Å². The Balaban J connectivity index is 4.52. The van der Waals surface area contributed by atoms with Crippen LogP contribution < -0.4 is 0 Å². The van der Waals surface area contributed by atoms with E-state index in [-0.39, 0.29) is 6.61 Å². The zero-order valence-corrected chi connectivity index (χ0v) is 11.9. The van der Waals surface area contributed by atoms with Gasteiger partial charge >= 0.3 is 7.82 Å². The number of phosphoric ester groups is 1. The van der Waals surface area contributed by atoms with Crippen molar-refractivity contribution in [2.24, 2.45) is 5.41 Å². The van der Waals surface area contributed by atoms with Gasteiger partial charge in [0.2, 0.25) is 0 Å². The Morgan fingerprint density at radius 1 is 1.00 bits per heavy atom. The third-order valence-corrected chi connectivity index (χ3v) is 3.45. The molecule has 0 saturated carbocycles. The van der Waals surface area contributed by atoms with Crippen molar-refractivity contribution in [2.75, 3.05) is 24.2 Å². The Labute approximate surface area is 110 Å². The van der Waals surface area contributed by atoms with E-state index in [0.717, 1.165) is 0 Å². The van der Waals surface area contributed by atoms with E-state index in [0.29, 0.717) is 36.9 Å². The van der Waals surface area contributed by atoms with Crippen molar-refractivity contribution < 1.29 is 18.9 Å². The molecule has 0 heterocycles. The minimum Gasteiger partial charge on any atom is -0.303 e. The van der Waals surface area contributed by atoms with Gasteiger partial charge in [-0.1, -0.05) is 0 Å². The van der Waals surface area contributed by atoms with E-state index < -0.39 is 13.2 Å². The van der Waals surface area contributed by atoms with Gasteiger partial charge in [0.15, 0.2) is 0 Å². The zero-order chi connectivity index (χ0) is 12.7. The largest absolute Gasteiger partial charge is 0.469 e. The molecule has 0 atom stereocenters. The minimum absolute atomic E-state index is 0.0799. The monoisotopic (exact) mass is 312 g/mol. The van der Waals surface area contributed by atoms with Crippen molar-refractivity contribution in [3.63, 3.8) is 0 Å². The second kappa shape index (κ2) is 8.15. The van der Waals surface area contributed by atoms with Gasteiger partial charge in [-0.15, -0.1) is 34.8 Å². The van der Waals surface area contributed by atoms with Crippen LogP contribution in [0.25, 0.3) is 0 Å². The lowest BCUT2D eigenvalue weighted by Crippen LogP contribution is -2.28. The number of hydrogen-bond donors (Lipinski definition) is 2. The molecule has 0 radical (unpaired) electrons. The maximum atomic E-state index is 10.7. The van der Waals surface area contributed by atoms with Crippen LogP contribution in [0.1, 0.15) is 19.3 Å². The van der Waals surface area contributed by atoms with Crippen molar-refractivity contribution in [1.82, 2.24) is 0 Å². The van der Waals surface area contributed by atoms with Gasteiger partial charge in [0.25, 0.3) is 0 Å². The van der Waals surface area contributed by atoms with Crippen LogP contribution in [0.4, 0.5) is 0 Å². The fourth-order valence-electron chi connectivity index (χ4n) is 1.41. The van der Waals surface area contributed by atoms with Crippen LogP contribution in [0.5, 0.6) is 0 Å². The molecule has 98 valence electrons. The van der Waals surface area contributed by atoms with Gasteiger partial charge in [-0.05, 0) is 24.7 Å². The summed E-state index contributed by atoms with van der Waals surface area (Å²) in [5, 5.41) is 0. The fraction of sp³-hybridized carbons (Fsp3) is 1.00. The summed E-state index contributed by atoms with van der Waals surface area (Å²) in [6, 6.07) is 0. The number of rotatable bonds is 9. The highest BCUT2D eigenvalue weighted by atomic mass is 35.5. The predicted molar refractivity (Wildman–Crippen MR) is 66.4 cm³/mol. The highest BCUT2D eigenvalue weighted by Gasteiger charge is 2.31. The number of alkyl halides is 3. The van der Waals surface area contributed by atoms with Crippen LogP contribution in [-0.4, -0.2) is 34.0 Å². The molecule has 2 N–H and O–H groups in total. The molecule has 0 aromatic heterocycles. The molecule has 0 spiro atoms. The molecule has 0 aliphatic rings. The molecule has 0 aliphatic heterocycles. The maximum Gasteiger partial charge on any atom is 0.469 e. The highest BCUT2D eigenvalue weighted by molar-refractivity contribution is 7.46. The highest BCUT2D eigenvalue weighted by Crippen LogP contribution is 2.42. The molecule has 0 aromatic carbocycles. The third kappa shape index (κ3) is 7.33. The Morgan fingerprint density at radius 2 is 1.38 bits per heavy atom. The third-order valence-electron chi connectivity index (χ3n) is 2.41. The summed E-state index contributed by atoms with van der Waals surface area (Å²) in [5.41, 5.74) is -0.452. The Morgan fingerprint density at radius 3 is 1.62 bits per heavy atom. The first-order valence-corrected chi connectivity index (χ1v) is 7.90. The standard InChI is InChI=1S/C8H16Cl3O4P/c9-4-1-8(2-5-10,3-6-11)7-15-16(12,13)14/h1-7H2,(H2,12,13,14). The van der Waals surface area contributed by atoms with E-state index in [4.69, 9.17) is 44.6 Å². The summed E-state index contributed by atoms with van der Waals surface area (Å²) in [4.78, 5) is 17.4. The summed E-state index contributed by atoms with van der Waals surface area (Å²) < 4.78 is 15.2. The molecule has 0 aliphatic carbocycles. The van der Waals surface area contributed by atoms with Gasteiger partial charge in [0.1, 0.15) is 0 Å². The van der Waals surface area contributed by atoms with Crippen molar-refractivity contribution in [3.05, 3.63) is 0 Å². The van der Waals surface area contributed by atoms with Crippen LogP contribution in [0.3, 0.4) is 0 Å². The number of phosphoric acid groups is 1. The summed E-state index contributed by atoms with van der Waals surface area (Å²) in [5.74, 6) is 1.12. The molecule has 0 amide bonds. The molecule has 16 heavy (non-hydrogen) atoms. The quantitative estimate of drug-likeness (QED) is 0.507. The molecular formula is C8H16Cl3O4P. The minimum atomic E-state index is -4.46. The molecule has 0 aromatic rings. The van der Waals surface area contributed by atoms with Crippen LogP contribution in [0, 0.1) is 5.41 Å². The first kappa shape index (κ1) is 17.0. The summed E-state index contributed by atoms with van der Waals surface area (Å²) in [7, 11) is -4.46. The van der Waals surface area contributed by atoms with Crippen molar-refractivity contribution in [2.45, 2.75) is 19.3 Å². The second-order valence-corrected chi connectivity index (χ2v) is 5.95. The van der Waals surface area contributed by atoms with Crippen molar-refractivity contribution in [1.29, 1.82) is 0 Å². The summed E-state index contributed by atoms with van der Waals surface area (Å²) >= 11 is 17.0. The van der Waals surface area contributed by atoms with Crippen molar-refractivity contribution >= 4 is 42.6 Å². The van der Waals surface area contributed by atoms with Gasteiger partial charge in [0, 0.05) is 17.6 Å². The molecular weight excluding hydrogens is 297 g/mol. The van der Waals surface area contributed by atoms with Crippen molar-refractivity contribution in [3.8, 4) is 0 Å². The first-order valence-electron chi connectivity index (χ1n) is 4.77. The number of halogens is 3. The van der Waals surface area contributed by atoms with E-state index in [1.54, 1.807) is 0 Å². The Kier molecular flexibility index (Phi) is 8.65. The van der Waals surface area contributed by atoms with E-state index >= 15 is 0 Å². The molecule has 0 bridgehead atoms. The molecule has 0 saturated heterocycles. The molecule has 0 fully saturated rings. The van der Waals surface area contributed by atoms with E-state index in [9.17, 15) is 4.57 Å². The summed E-state index contributed by atoms with van der Waals surface area (Å²) in [6.45, 7) is -0.0799. The van der Waals surface area contributed by atoms with E-state index in [1.807, 2.05) is 0 Å². The lowest BCUT2D eigenvalue weighted by Gasteiger charge is -2.31. The SMILES string of the molecule is O=P(O)(O)OCC(CCCl)(CCCl)CCCl. The van der Waals surface area contributed by atoms with E-state index in [2.05, 4.69) is 4.52 Å². The summed E-state index contributed by atoms with van der Waals surface area (Å²) in [6.07, 6.45) is 1.69. The van der Waals surface area contributed by atoms with Crippen LogP contribution in [0.15, 0.2) is 0 Å². The Bertz CT molecular complexity index is 216. The average Bonchev–Trinajstić information content (AvgIpc) is 2.15. The smallest absolute Gasteiger partial charge is 0.303 e. The molecule has 0 rings (SSSR count). The van der Waals surface area contributed by atoms with Crippen LogP contribution >= 0.6 is 42.6 Å². The maximum absolute atomic E-state index is 10.7. The molecule has 8 heteroatoms. The lowest BCUT2D eigenvalue weighted by molar-refractivity contribution is 0.0966. The lowest BCUT2D eigenvalue weighted by atomic mass is 9.81. The normalized spacial score (nSPS) is 13.1. The molecule has 4 nitrogen and oxygen atoms in total. The van der Waals surface area contributed by atoms with E-state index in [1.165, 1.54) is 0 Å². The topological polar surface area (TPSA) is 66.8 Å². The average molecular weight is 314 g/mol. The Hall–Kier alpha value is 0.980. The fourth-order valence-corrected chi connectivity index (χ4v) is 3.06. The van der Waals surface area contributed by atoms with Gasteiger partial charge in [-0.2, -0.15) is 0 Å². The predicted octanol–water partition coefficient (Wildman–Crippen LogP) is 2.97. The van der Waals surface area contributed by atoms with Gasteiger partial charge in [-0.3, -0.25) is 4.52 Å². The number of hydrogen-bond acceptors (Lipinski definition) is 2. The first-order chi connectivity index (χ1) is 7.39. The second-order valence-electron chi connectivity index (χ2n) is 3.58. The molecule has 0 unspecified atom stereocenters. The van der Waals surface area contributed by atoms with Crippen LogP contribution in [0.2, 0.25) is 0 Å². The van der Waals surface area contributed by atoms with Gasteiger partial charge in [-0.25, -0.2) is 4.57 Å². The zero-order valence-electron chi connectivity index (χ0n) is 8.74. The van der Waals surface area contributed by atoms with Gasteiger partial charge < -0.3 is 9.79 Å². The van der Waals surface area contributed by atoms with Gasteiger partial charge in [0.05, 0.1) is 6.61 Å².